The lowest BCUT2D eigenvalue weighted by atomic mass is 10.1. The molecule has 28 heavy (non-hydrogen) atoms. The molecule has 2 heterocycles. The van der Waals surface area contributed by atoms with Gasteiger partial charge in [0.2, 0.25) is 0 Å². The van der Waals surface area contributed by atoms with E-state index in [9.17, 15) is 9.90 Å². The van der Waals surface area contributed by atoms with E-state index in [4.69, 9.17) is 4.74 Å². The lowest BCUT2D eigenvalue weighted by molar-refractivity contribution is 0.0817. The molecule has 1 atom stereocenters. The zero-order chi connectivity index (χ0) is 19.3. The van der Waals surface area contributed by atoms with Gasteiger partial charge < -0.3 is 20.1 Å². The monoisotopic (exact) mass is 377 g/mol. The van der Waals surface area contributed by atoms with Gasteiger partial charge in [-0.1, -0.05) is 30.3 Å². The number of urea groups is 1. The van der Waals surface area contributed by atoms with E-state index in [0.29, 0.717) is 18.7 Å². The van der Waals surface area contributed by atoms with E-state index in [-0.39, 0.29) is 17.9 Å². The molecule has 2 N–H and O–H groups in total. The Labute approximate surface area is 163 Å². The maximum Gasteiger partial charge on any atom is 0.322 e. The number of amides is 2. The van der Waals surface area contributed by atoms with Gasteiger partial charge in [-0.2, -0.15) is 0 Å². The highest BCUT2D eigenvalue weighted by molar-refractivity contribution is 6.01. The lowest BCUT2D eigenvalue weighted by Gasteiger charge is -2.26. The number of pyridine rings is 1. The molecule has 1 aliphatic heterocycles. The smallest absolute Gasteiger partial charge is 0.322 e. The van der Waals surface area contributed by atoms with Crippen molar-refractivity contribution in [2.75, 3.05) is 18.5 Å². The molecule has 0 saturated carbocycles. The quantitative estimate of drug-likeness (QED) is 0.700. The second kappa shape index (κ2) is 8.27. The number of fused-ring (bicyclic) bond motifs is 1. The molecule has 2 aromatic carbocycles. The van der Waals surface area contributed by atoms with Crippen LogP contribution in [0, 0.1) is 0 Å². The first-order valence-electron chi connectivity index (χ1n) is 9.48. The average molecular weight is 377 g/mol. The fourth-order valence-corrected chi connectivity index (χ4v) is 3.53. The highest BCUT2D eigenvalue weighted by Crippen LogP contribution is 2.24. The number of aromatic nitrogens is 1. The molecule has 0 bridgehead atoms. The van der Waals surface area contributed by atoms with Gasteiger partial charge in [0.05, 0.1) is 18.3 Å². The normalized spacial score (nSPS) is 16.2. The fraction of sp³-hybridized carbons (Fsp3) is 0.273. The minimum absolute atomic E-state index is 0.0216. The molecule has 4 rings (SSSR count). The largest absolute Gasteiger partial charge is 0.508 e. The SMILES string of the molecule is O=C(Nc1cccc2cnccc12)N(Cc1ccccc1O)CC1CCCO1. The molecule has 6 nitrogen and oxygen atoms in total. The number of para-hydroxylation sites is 1. The van der Waals surface area contributed by atoms with Crippen LogP contribution in [0.5, 0.6) is 5.75 Å². The van der Waals surface area contributed by atoms with Crippen LogP contribution >= 0.6 is 0 Å². The Kier molecular flexibility index (Phi) is 5.39. The number of benzene rings is 2. The van der Waals surface area contributed by atoms with Crippen molar-refractivity contribution in [3.05, 3.63) is 66.5 Å². The number of anilines is 1. The molecule has 0 radical (unpaired) electrons. The minimum Gasteiger partial charge on any atom is -0.508 e. The average Bonchev–Trinajstić information content (AvgIpc) is 3.22. The van der Waals surface area contributed by atoms with Gasteiger partial charge in [-0.15, -0.1) is 0 Å². The van der Waals surface area contributed by atoms with Crippen LogP contribution in [0.25, 0.3) is 10.8 Å². The van der Waals surface area contributed by atoms with Gasteiger partial charge >= 0.3 is 6.03 Å². The first kappa shape index (κ1) is 18.3. The molecule has 1 aliphatic rings. The van der Waals surface area contributed by atoms with Crippen molar-refractivity contribution in [2.24, 2.45) is 0 Å². The van der Waals surface area contributed by atoms with E-state index in [2.05, 4.69) is 10.3 Å². The first-order valence-corrected chi connectivity index (χ1v) is 9.48. The number of ether oxygens (including phenoxy) is 1. The third-order valence-electron chi connectivity index (χ3n) is 5.01. The zero-order valence-corrected chi connectivity index (χ0v) is 15.5. The van der Waals surface area contributed by atoms with Gasteiger partial charge in [-0.05, 0) is 31.0 Å². The van der Waals surface area contributed by atoms with Gasteiger partial charge in [-0.3, -0.25) is 4.98 Å². The summed E-state index contributed by atoms with van der Waals surface area (Å²) in [6.45, 7) is 1.52. The molecule has 144 valence electrons. The van der Waals surface area contributed by atoms with Crippen LogP contribution in [0.2, 0.25) is 0 Å². The predicted octanol–water partition coefficient (Wildman–Crippen LogP) is 4.15. The molecule has 0 aliphatic carbocycles. The minimum atomic E-state index is -0.219. The Morgan fingerprint density at radius 2 is 2.11 bits per heavy atom. The number of phenols is 1. The van der Waals surface area contributed by atoms with E-state index in [1.165, 1.54) is 0 Å². The third-order valence-corrected chi connectivity index (χ3v) is 5.01. The van der Waals surface area contributed by atoms with E-state index >= 15 is 0 Å². The number of nitrogens with zero attached hydrogens (tertiary/aromatic N) is 2. The second-order valence-electron chi connectivity index (χ2n) is 6.98. The summed E-state index contributed by atoms with van der Waals surface area (Å²) >= 11 is 0. The van der Waals surface area contributed by atoms with Crippen molar-refractivity contribution in [3.63, 3.8) is 0 Å². The van der Waals surface area contributed by atoms with Crippen LogP contribution in [0.1, 0.15) is 18.4 Å². The van der Waals surface area contributed by atoms with Gasteiger partial charge in [0.15, 0.2) is 0 Å². The second-order valence-corrected chi connectivity index (χ2v) is 6.98. The predicted molar refractivity (Wildman–Crippen MR) is 108 cm³/mol. The van der Waals surface area contributed by atoms with Crippen molar-refractivity contribution in [2.45, 2.75) is 25.5 Å². The number of phenolic OH excluding ortho intramolecular Hbond substituents is 1. The fourth-order valence-electron chi connectivity index (χ4n) is 3.53. The number of hydrogen-bond donors (Lipinski definition) is 2. The standard InChI is InChI=1S/C22H23N3O3/c26-21-9-2-1-5-17(21)14-25(15-18-7-4-12-28-18)22(27)24-20-8-3-6-16-13-23-11-10-19(16)20/h1-3,5-6,8-11,13,18,26H,4,7,12,14-15H2,(H,24,27). The summed E-state index contributed by atoms with van der Waals surface area (Å²) in [4.78, 5) is 19.0. The Bertz CT molecular complexity index is 965. The lowest BCUT2D eigenvalue weighted by Crippen LogP contribution is -2.39. The molecule has 1 unspecified atom stereocenters. The van der Waals surface area contributed by atoms with Crippen molar-refractivity contribution in [1.82, 2.24) is 9.88 Å². The number of nitrogens with one attached hydrogen (secondary N) is 1. The molecule has 0 spiro atoms. The van der Waals surface area contributed by atoms with Gasteiger partial charge in [0.1, 0.15) is 5.75 Å². The molecule has 1 fully saturated rings. The van der Waals surface area contributed by atoms with E-state index in [1.54, 1.807) is 29.4 Å². The zero-order valence-electron chi connectivity index (χ0n) is 15.5. The number of carbonyl (C=O) groups excluding carboxylic acids is 1. The Morgan fingerprint density at radius 3 is 2.93 bits per heavy atom. The summed E-state index contributed by atoms with van der Waals surface area (Å²) < 4.78 is 5.73. The summed E-state index contributed by atoms with van der Waals surface area (Å²) in [5, 5.41) is 15.1. The molecular formula is C22H23N3O3. The summed E-state index contributed by atoms with van der Waals surface area (Å²) in [5.41, 5.74) is 1.44. The molecule has 3 aromatic rings. The highest BCUT2D eigenvalue weighted by Gasteiger charge is 2.24. The van der Waals surface area contributed by atoms with E-state index in [0.717, 1.165) is 35.9 Å². The molecule has 6 heteroatoms. The summed E-state index contributed by atoms with van der Waals surface area (Å²) in [6, 6.07) is 14.5. The van der Waals surface area contributed by atoms with E-state index < -0.39 is 0 Å². The van der Waals surface area contributed by atoms with Gasteiger partial charge in [-0.25, -0.2) is 4.79 Å². The maximum atomic E-state index is 13.1. The van der Waals surface area contributed by atoms with Crippen LogP contribution in [-0.4, -0.2) is 40.3 Å². The van der Waals surface area contributed by atoms with Crippen molar-refractivity contribution < 1.29 is 14.6 Å². The topological polar surface area (TPSA) is 74.7 Å². The number of hydrogen-bond acceptors (Lipinski definition) is 4. The van der Waals surface area contributed by atoms with E-state index in [1.807, 2.05) is 36.4 Å². The summed E-state index contributed by atoms with van der Waals surface area (Å²) in [5.74, 6) is 0.184. The summed E-state index contributed by atoms with van der Waals surface area (Å²) in [7, 11) is 0. The van der Waals surface area contributed by atoms with Crippen molar-refractivity contribution in [3.8, 4) is 5.75 Å². The molecule has 1 saturated heterocycles. The summed E-state index contributed by atoms with van der Waals surface area (Å²) in [6.07, 6.45) is 5.45. The number of aromatic hydroxyl groups is 1. The van der Waals surface area contributed by atoms with Gasteiger partial charge in [0, 0.05) is 41.9 Å². The van der Waals surface area contributed by atoms with Crippen LogP contribution in [0.4, 0.5) is 10.5 Å². The van der Waals surface area contributed by atoms with Gasteiger partial charge in [0.25, 0.3) is 0 Å². The Morgan fingerprint density at radius 1 is 1.21 bits per heavy atom. The first-order chi connectivity index (χ1) is 13.7. The third kappa shape index (κ3) is 4.07. The maximum absolute atomic E-state index is 13.1. The van der Waals surface area contributed by atoms with Crippen molar-refractivity contribution in [1.29, 1.82) is 0 Å². The highest BCUT2D eigenvalue weighted by atomic mass is 16.5. The molecule has 2 amide bonds. The number of rotatable bonds is 5. The van der Waals surface area contributed by atoms with Crippen molar-refractivity contribution >= 4 is 22.5 Å². The molecular weight excluding hydrogens is 354 g/mol. The molecule has 1 aromatic heterocycles. The van der Waals surface area contributed by atoms with Crippen LogP contribution in [0.3, 0.4) is 0 Å². The number of carbonyl (C=O) groups is 1. The Hall–Kier alpha value is -3.12. The van der Waals surface area contributed by atoms with Crippen LogP contribution < -0.4 is 5.32 Å². The van der Waals surface area contributed by atoms with Crippen LogP contribution in [-0.2, 0) is 11.3 Å². The Balaban J connectivity index is 1.57. The van der Waals surface area contributed by atoms with Crippen LogP contribution in [0.15, 0.2) is 60.9 Å².